The molecule has 0 bridgehead atoms. The molecule has 1 fully saturated rings. The normalized spacial score (nSPS) is 23.8. The number of carboxylic acids is 1. The number of carboxylic acid groups (broad SMARTS) is 1. The molecule has 106 valence electrons. The molecule has 0 aromatic rings. The van der Waals surface area contributed by atoms with E-state index in [1.165, 1.54) is 4.31 Å². The number of hydrogen-bond acceptors (Lipinski definition) is 4. The number of nitrogens with one attached hydrogen (secondary N) is 1. The Kier molecular flexibility index (Phi) is 5.51. The summed E-state index contributed by atoms with van der Waals surface area (Å²) in [7, 11) is -3.65. The number of piperidine rings is 1. The quantitative estimate of drug-likeness (QED) is 0.593. The highest BCUT2D eigenvalue weighted by Gasteiger charge is 2.32. The predicted octanol–water partition coefficient (Wildman–Crippen LogP) is -0.754. The number of hydrogen-bond donors (Lipinski definition) is 3. The van der Waals surface area contributed by atoms with E-state index < -0.39 is 22.1 Å². The van der Waals surface area contributed by atoms with E-state index in [-0.39, 0.29) is 25.6 Å². The zero-order valence-corrected chi connectivity index (χ0v) is 11.2. The molecular formula is C10H20N2O5S. The molecule has 0 spiro atoms. The summed E-state index contributed by atoms with van der Waals surface area (Å²) in [4.78, 5) is 10.9. The molecule has 1 saturated heterocycles. The van der Waals surface area contributed by atoms with Gasteiger partial charge in [0.1, 0.15) is 0 Å². The van der Waals surface area contributed by atoms with E-state index >= 15 is 0 Å². The van der Waals surface area contributed by atoms with Crippen LogP contribution in [0.3, 0.4) is 0 Å². The van der Waals surface area contributed by atoms with Crippen molar-refractivity contribution in [1.29, 1.82) is 0 Å². The van der Waals surface area contributed by atoms with Gasteiger partial charge in [0.15, 0.2) is 0 Å². The molecule has 0 aliphatic carbocycles. The van der Waals surface area contributed by atoms with Crippen molar-refractivity contribution in [2.24, 2.45) is 11.8 Å². The van der Waals surface area contributed by atoms with Crippen LogP contribution in [0.2, 0.25) is 0 Å². The first-order chi connectivity index (χ1) is 8.36. The van der Waals surface area contributed by atoms with E-state index in [1.807, 2.05) is 0 Å². The van der Waals surface area contributed by atoms with Gasteiger partial charge >= 0.3 is 5.97 Å². The average Bonchev–Trinajstić information content (AvgIpc) is 2.36. The number of aliphatic carboxylic acids is 1. The van der Waals surface area contributed by atoms with E-state index in [4.69, 9.17) is 10.2 Å². The molecule has 1 rings (SSSR count). The van der Waals surface area contributed by atoms with Gasteiger partial charge in [0, 0.05) is 26.2 Å². The molecule has 0 amide bonds. The van der Waals surface area contributed by atoms with E-state index in [0.29, 0.717) is 19.4 Å². The Morgan fingerprint density at radius 1 is 1.56 bits per heavy atom. The maximum absolute atomic E-state index is 11.9. The van der Waals surface area contributed by atoms with Crippen LogP contribution in [0.5, 0.6) is 0 Å². The molecule has 1 heterocycles. The van der Waals surface area contributed by atoms with Gasteiger partial charge in [0.2, 0.25) is 0 Å². The van der Waals surface area contributed by atoms with Crippen LogP contribution in [0.15, 0.2) is 0 Å². The lowest BCUT2D eigenvalue weighted by Gasteiger charge is -2.30. The first-order valence-electron chi connectivity index (χ1n) is 5.95. The molecule has 1 aliphatic rings. The Labute approximate surface area is 107 Å². The fourth-order valence-electron chi connectivity index (χ4n) is 1.77. The molecule has 0 radical (unpaired) electrons. The van der Waals surface area contributed by atoms with Gasteiger partial charge in [-0.2, -0.15) is 12.7 Å². The van der Waals surface area contributed by atoms with Crippen molar-refractivity contribution >= 4 is 16.2 Å². The van der Waals surface area contributed by atoms with Crippen LogP contribution in [-0.4, -0.2) is 55.1 Å². The summed E-state index contributed by atoms with van der Waals surface area (Å²) in [6.07, 6.45) is 1.06. The smallest absolute Gasteiger partial charge is 0.307 e. The first-order valence-corrected chi connectivity index (χ1v) is 7.39. The summed E-state index contributed by atoms with van der Waals surface area (Å²) >= 11 is 0. The Balaban J connectivity index is 2.59. The van der Waals surface area contributed by atoms with Crippen LogP contribution in [0.4, 0.5) is 0 Å². The molecule has 2 unspecified atom stereocenters. The highest BCUT2D eigenvalue weighted by Crippen LogP contribution is 2.18. The second kappa shape index (κ2) is 6.46. The number of aliphatic hydroxyl groups is 1. The lowest BCUT2D eigenvalue weighted by Crippen LogP contribution is -2.48. The lowest BCUT2D eigenvalue weighted by molar-refractivity contribution is -0.142. The molecule has 0 saturated carbocycles. The minimum Gasteiger partial charge on any atom is -0.481 e. The first kappa shape index (κ1) is 15.4. The number of aliphatic hydroxyl groups excluding tert-OH is 1. The molecule has 8 heteroatoms. The van der Waals surface area contributed by atoms with Crippen molar-refractivity contribution < 1.29 is 23.4 Å². The third-order valence-electron chi connectivity index (χ3n) is 3.00. The Hall–Kier alpha value is -0.700. The summed E-state index contributed by atoms with van der Waals surface area (Å²) in [5.74, 6) is -1.76. The molecule has 0 aromatic carbocycles. The number of nitrogens with zero attached hydrogens (tertiary/aromatic N) is 1. The lowest BCUT2D eigenvalue weighted by atomic mass is 10.0. The van der Waals surface area contributed by atoms with Crippen molar-refractivity contribution in [3.63, 3.8) is 0 Å². The Bertz CT molecular complexity index is 384. The van der Waals surface area contributed by atoms with Crippen molar-refractivity contribution in [3.8, 4) is 0 Å². The number of rotatable bonds is 6. The summed E-state index contributed by atoms with van der Waals surface area (Å²) in [5, 5.41) is 17.7. The van der Waals surface area contributed by atoms with Crippen LogP contribution < -0.4 is 4.72 Å². The molecule has 18 heavy (non-hydrogen) atoms. The summed E-state index contributed by atoms with van der Waals surface area (Å²) in [5.41, 5.74) is 0. The largest absolute Gasteiger partial charge is 0.481 e. The zero-order valence-electron chi connectivity index (χ0n) is 10.4. The fourth-order valence-corrected chi connectivity index (χ4v) is 3.19. The minimum absolute atomic E-state index is 0.0121. The monoisotopic (exact) mass is 280 g/mol. The second-order valence-electron chi connectivity index (χ2n) is 4.68. The SMILES string of the molecule is CC(CO)CNS(=O)(=O)N1CCCC(C(=O)O)C1. The van der Waals surface area contributed by atoms with E-state index in [0.717, 1.165) is 0 Å². The van der Waals surface area contributed by atoms with Gasteiger partial charge < -0.3 is 10.2 Å². The van der Waals surface area contributed by atoms with Crippen LogP contribution >= 0.6 is 0 Å². The molecule has 3 N–H and O–H groups in total. The van der Waals surface area contributed by atoms with Gasteiger partial charge in [-0.1, -0.05) is 6.92 Å². The standard InChI is InChI=1S/C10H20N2O5S/c1-8(7-13)5-11-18(16,17)12-4-2-3-9(6-12)10(14)15/h8-9,11,13H,2-7H2,1H3,(H,14,15). The van der Waals surface area contributed by atoms with Gasteiger partial charge in [0.25, 0.3) is 10.2 Å². The van der Waals surface area contributed by atoms with Crippen LogP contribution in [-0.2, 0) is 15.0 Å². The number of carbonyl (C=O) groups is 1. The highest BCUT2D eigenvalue weighted by atomic mass is 32.2. The Morgan fingerprint density at radius 2 is 2.22 bits per heavy atom. The maximum atomic E-state index is 11.9. The Morgan fingerprint density at radius 3 is 2.78 bits per heavy atom. The van der Waals surface area contributed by atoms with E-state index in [9.17, 15) is 13.2 Å². The summed E-state index contributed by atoms with van der Waals surface area (Å²) in [6, 6.07) is 0. The summed E-state index contributed by atoms with van der Waals surface area (Å²) in [6.45, 7) is 2.12. The fraction of sp³-hybridized carbons (Fsp3) is 0.900. The average molecular weight is 280 g/mol. The van der Waals surface area contributed by atoms with Crippen LogP contribution in [0.1, 0.15) is 19.8 Å². The highest BCUT2D eigenvalue weighted by molar-refractivity contribution is 7.87. The van der Waals surface area contributed by atoms with Gasteiger partial charge in [-0.15, -0.1) is 0 Å². The topological polar surface area (TPSA) is 107 Å². The van der Waals surface area contributed by atoms with Crippen LogP contribution in [0, 0.1) is 11.8 Å². The second-order valence-corrected chi connectivity index (χ2v) is 6.43. The van der Waals surface area contributed by atoms with Crippen LogP contribution in [0.25, 0.3) is 0 Å². The molecule has 1 aliphatic heterocycles. The van der Waals surface area contributed by atoms with Crippen molar-refractivity contribution in [2.45, 2.75) is 19.8 Å². The molecule has 7 nitrogen and oxygen atoms in total. The minimum atomic E-state index is -3.65. The van der Waals surface area contributed by atoms with Gasteiger partial charge in [-0.05, 0) is 18.8 Å². The van der Waals surface area contributed by atoms with Gasteiger partial charge in [0.05, 0.1) is 5.92 Å². The third kappa shape index (κ3) is 4.20. The molecule has 0 aromatic heterocycles. The summed E-state index contributed by atoms with van der Waals surface area (Å²) < 4.78 is 27.4. The van der Waals surface area contributed by atoms with Crippen molar-refractivity contribution in [3.05, 3.63) is 0 Å². The predicted molar refractivity (Wildman–Crippen MR) is 65.1 cm³/mol. The van der Waals surface area contributed by atoms with Gasteiger partial charge in [-0.3, -0.25) is 4.79 Å². The third-order valence-corrected chi connectivity index (χ3v) is 4.54. The van der Waals surface area contributed by atoms with Crippen molar-refractivity contribution in [2.75, 3.05) is 26.2 Å². The van der Waals surface area contributed by atoms with E-state index in [2.05, 4.69) is 4.72 Å². The van der Waals surface area contributed by atoms with Crippen molar-refractivity contribution in [1.82, 2.24) is 9.03 Å². The molecule has 2 atom stereocenters. The van der Waals surface area contributed by atoms with E-state index in [1.54, 1.807) is 6.92 Å². The molecular weight excluding hydrogens is 260 g/mol. The maximum Gasteiger partial charge on any atom is 0.307 e. The zero-order chi connectivity index (χ0) is 13.8. The van der Waals surface area contributed by atoms with Gasteiger partial charge in [-0.25, -0.2) is 4.72 Å².